The molecule has 0 spiro atoms. The molecule has 1 amide bonds. The van der Waals surface area contributed by atoms with Crippen molar-refractivity contribution in [2.75, 3.05) is 13.1 Å². The smallest absolute Gasteiger partial charge is 0.374 e. The molecule has 0 bridgehead atoms. The first-order chi connectivity index (χ1) is 13.4. The molecule has 0 aromatic heterocycles. The van der Waals surface area contributed by atoms with Crippen molar-refractivity contribution in [3.05, 3.63) is 0 Å². The Hall–Kier alpha value is -0.240. The Balaban J connectivity index is 0. The van der Waals surface area contributed by atoms with Crippen LogP contribution in [0.4, 0.5) is 0 Å². The maximum atomic E-state index is 12.1. The van der Waals surface area contributed by atoms with Gasteiger partial charge in [-0.3, -0.25) is 0 Å². The summed E-state index contributed by atoms with van der Waals surface area (Å²) in [6.07, 6.45) is 14.6. The molecule has 0 aliphatic rings. The van der Waals surface area contributed by atoms with Gasteiger partial charge in [-0.25, -0.2) is 10.0 Å². The van der Waals surface area contributed by atoms with E-state index in [2.05, 4.69) is 6.92 Å². The first kappa shape index (κ1) is 30.9. The third kappa shape index (κ3) is 16.2. The van der Waals surface area contributed by atoms with Gasteiger partial charge in [-0.1, -0.05) is 96.8 Å². The molecule has 0 saturated carbocycles. The van der Waals surface area contributed by atoms with Crippen molar-refractivity contribution in [3.63, 3.8) is 0 Å². The lowest BCUT2D eigenvalue weighted by molar-refractivity contribution is -1.04. The minimum atomic E-state index is -1.79. The third-order valence-corrected chi connectivity index (χ3v) is 5.51. The molecule has 6 nitrogen and oxygen atoms in total. The van der Waals surface area contributed by atoms with E-state index in [4.69, 9.17) is 10.2 Å². The van der Waals surface area contributed by atoms with Crippen LogP contribution < -0.4 is 12.4 Å². The fourth-order valence-electron chi connectivity index (χ4n) is 3.58. The SMILES string of the molecule is CCCCCCCCCCCCCCCCC(O)C(=O)[N+](O)(CC)CC(O)O.[Cl-]. The Morgan fingerprint density at radius 3 is 1.45 bits per heavy atom. The van der Waals surface area contributed by atoms with Gasteiger partial charge < -0.3 is 27.7 Å². The first-order valence-electron chi connectivity index (χ1n) is 11.6. The van der Waals surface area contributed by atoms with Crippen LogP contribution in [0.1, 0.15) is 110 Å². The zero-order valence-electron chi connectivity index (χ0n) is 18.7. The number of likely N-dealkylation sites (N-methyl/N-ethyl adjacent to an activating group) is 1. The molecular weight excluding hydrogens is 394 g/mol. The van der Waals surface area contributed by atoms with E-state index in [9.17, 15) is 15.1 Å². The average molecular weight is 440 g/mol. The van der Waals surface area contributed by atoms with E-state index in [1.807, 2.05) is 0 Å². The molecule has 2 atom stereocenters. The number of hydroxylamine groups is 3. The summed E-state index contributed by atoms with van der Waals surface area (Å²) in [7, 11) is 0. The summed E-state index contributed by atoms with van der Waals surface area (Å²) in [5, 5.41) is 38.2. The summed E-state index contributed by atoms with van der Waals surface area (Å²) in [6.45, 7) is 3.29. The summed E-state index contributed by atoms with van der Waals surface area (Å²) in [5.74, 6) is -0.759. The van der Waals surface area contributed by atoms with Crippen molar-refractivity contribution in [2.45, 2.75) is 123 Å². The number of hydrogen-bond acceptors (Lipinski definition) is 5. The monoisotopic (exact) mass is 439 g/mol. The van der Waals surface area contributed by atoms with Gasteiger partial charge in [-0.2, -0.15) is 0 Å². The van der Waals surface area contributed by atoms with Gasteiger partial charge in [0, 0.05) is 0 Å². The second-order valence-corrected chi connectivity index (χ2v) is 8.14. The molecule has 0 aliphatic carbocycles. The number of carbonyl (C=O) groups is 1. The van der Waals surface area contributed by atoms with Gasteiger partial charge in [0.2, 0.25) is 6.29 Å². The van der Waals surface area contributed by atoms with E-state index in [1.165, 1.54) is 70.6 Å². The van der Waals surface area contributed by atoms with Crippen LogP contribution in [0.5, 0.6) is 0 Å². The van der Waals surface area contributed by atoms with Gasteiger partial charge in [0.05, 0.1) is 0 Å². The van der Waals surface area contributed by atoms with Crippen molar-refractivity contribution in [1.29, 1.82) is 0 Å². The Morgan fingerprint density at radius 2 is 1.10 bits per heavy atom. The minimum Gasteiger partial charge on any atom is -1.00 e. The highest BCUT2D eigenvalue weighted by Crippen LogP contribution is 2.15. The standard InChI is InChI=1S/C22H46NO5.ClH/c1-3-5-6-7-8-9-10-11-12-13-14-15-16-17-18-20(24)22(27)23(28,4-2)19-21(25)26;/h20-21,24-26,28H,3-19H2,1-2H3;1H/q+1;/p-1. The fraction of sp³-hybridized carbons (Fsp3) is 0.955. The van der Waals surface area contributed by atoms with Gasteiger partial charge in [-0.15, -0.1) is 4.65 Å². The van der Waals surface area contributed by atoms with Crippen molar-refractivity contribution in [3.8, 4) is 0 Å². The van der Waals surface area contributed by atoms with E-state index in [0.717, 1.165) is 19.3 Å². The molecule has 4 N–H and O–H groups in total. The van der Waals surface area contributed by atoms with E-state index < -0.39 is 29.5 Å². The van der Waals surface area contributed by atoms with Crippen LogP contribution in [0, 0.1) is 0 Å². The Morgan fingerprint density at radius 1 is 0.724 bits per heavy atom. The average Bonchev–Trinajstić information content (AvgIpc) is 2.66. The molecule has 0 aliphatic heterocycles. The highest BCUT2D eigenvalue weighted by atomic mass is 35.5. The lowest BCUT2D eigenvalue weighted by Crippen LogP contribution is -3.00. The lowest BCUT2D eigenvalue weighted by Gasteiger charge is -2.28. The van der Waals surface area contributed by atoms with Crippen LogP contribution >= 0.6 is 0 Å². The van der Waals surface area contributed by atoms with Gasteiger partial charge in [0.15, 0.2) is 12.6 Å². The van der Waals surface area contributed by atoms with Crippen LogP contribution in [0.3, 0.4) is 0 Å². The highest BCUT2D eigenvalue weighted by Gasteiger charge is 2.40. The Labute approximate surface area is 184 Å². The van der Waals surface area contributed by atoms with Gasteiger partial charge in [0.25, 0.3) is 0 Å². The lowest BCUT2D eigenvalue weighted by atomic mass is 10.0. The van der Waals surface area contributed by atoms with Crippen LogP contribution in [0.25, 0.3) is 0 Å². The quantitative estimate of drug-likeness (QED) is 0.0799. The Bertz CT molecular complexity index is 384. The van der Waals surface area contributed by atoms with Crippen LogP contribution in [-0.4, -0.2) is 56.6 Å². The number of rotatable bonds is 19. The molecule has 29 heavy (non-hydrogen) atoms. The topological polar surface area (TPSA) is 98.0 Å². The van der Waals surface area contributed by atoms with Crippen molar-refractivity contribution < 1.29 is 42.4 Å². The van der Waals surface area contributed by atoms with E-state index >= 15 is 0 Å². The summed E-state index contributed by atoms with van der Waals surface area (Å²) in [5.41, 5.74) is 0. The minimum absolute atomic E-state index is 0. The predicted molar refractivity (Wildman–Crippen MR) is 112 cm³/mol. The normalized spacial score (nSPS) is 14.4. The number of amides is 1. The number of aliphatic hydroxyl groups excluding tert-OH is 2. The fourth-order valence-corrected chi connectivity index (χ4v) is 3.58. The third-order valence-electron chi connectivity index (χ3n) is 5.51. The first-order valence-corrected chi connectivity index (χ1v) is 11.6. The van der Waals surface area contributed by atoms with Gasteiger partial charge in [0.1, 0.15) is 6.54 Å². The number of aliphatic hydroxyl groups is 3. The summed E-state index contributed by atoms with van der Waals surface area (Å²) < 4.78 is -1.14. The number of nitrogens with zero attached hydrogens (tertiary/aromatic N) is 1. The van der Waals surface area contributed by atoms with Crippen molar-refractivity contribution in [2.24, 2.45) is 0 Å². The molecular formula is C22H46ClNO5. The highest BCUT2D eigenvalue weighted by molar-refractivity contribution is 5.73. The molecule has 0 fully saturated rings. The van der Waals surface area contributed by atoms with Crippen LogP contribution in [0.2, 0.25) is 0 Å². The largest absolute Gasteiger partial charge is 1.00 e. The number of unbranched alkanes of at least 4 members (excludes halogenated alkanes) is 13. The zero-order valence-corrected chi connectivity index (χ0v) is 19.5. The second kappa shape index (κ2) is 19.7. The van der Waals surface area contributed by atoms with E-state index in [0.29, 0.717) is 6.42 Å². The van der Waals surface area contributed by atoms with Crippen molar-refractivity contribution in [1.82, 2.24) is 0 Å². The van der Waals surface area contributed by atoms with Gasteiger partial charge in [-0.05, 0) is 13.3 Å². The second-order valence-electron chi connectivity index (χ2n) is 8.14. The van der Waals surface area contributed by atoms with E-state index in [1.54, 1.807) is 6.92 Å². The maximum absolute atomic E-state index is 12.1. The van der Waals surface area contributed by atoms with Crippen LogP contribution in [-0.2, 0) is 4.79 Å². The molecule has 176 valence electrons. The summed E-state index contributed by atoms with van der Waals surface area (Å²) >= 11 is 0. The molecule has 0 heterocycles. The summed E-state index contributed by atoms with van der Waals surface area (Å²) in [4.78, 5) is 12.1. The number of halogens is 1. The molecule has 0 aromatic carbocycles. The summed E-state index contributed by atoms with van der Waals surface area (Å²) in [6, 6.07) is 0. The van der Waals surface area contributed by atoms with Crippen LogP contribution in [0.15, 0.2) is 0 Å². The van der Waals surface area contributed by atoms with Crippen molar-refractivity contribution >= 4 is 5.91 Å². The predicted octanol–water partition coefficient (Wildman–Crippen LogP) is 1.29. The number of carbonyl (C=O) groups excluding carboxylic acids is 1. The Kier molecular flexibility index (Phi) is 21.0. The zero-order chi connectivity index (χ0) is 21.3. The molecule has 0 radical (unpaired) electrons. The molecule has 7 heteroatoms. The molecule has 0 aromatic rings. The van der Waals surface area contributed by atoms with Gasteiger partial charge >= 0.3 is 5.91 Å². The molecule has 0 rings (SSSR count). The number of quaternary nitrogens is 1. The number of hydrogen-bond donors (Lipinski definition) is 4. The molecule has 2 unspecified atom stereocenters. The maximum Gasteiger partial charge on any atom is 0.374 e. The van der Waals surface area contributed by atoms with E-state index in [-0.39, 0.29) is 19.0 Å². The molecule has 0 saturated heterocycles.